The highest BCUT2D eigenvalue weighted by atomic mass is 35.5. The van der Waals surface area contributed by atoms with Crippen molar-refractivity contribution in [3.05, 3.63) is 58.3 Å². The van der Waals surface area contributed by atoms with Crippen LogP contribution in [0.2, 0.25) is 5.15 Å². The fourth-order valence-electron chi connectivity index (χ4n) is 3.27. The maximum Gasteiger partial charge on any atom is 0.166 e. The first kappa shape index (κ1) is 17.6. The number of aryl methyl sites for hydroxylation is 1. The van der Waals surface area contributed by atoms with Crippen LogP contribution < -0.4 is 5.32 Å². The Hall–Kier alpha value is -2.78. The lowest BCUT2D eigenvalue weighted by Gasteiger charge is -2.18. The summed E-state index contributed by atoms with van der Waals surface area (Å²) in [6.45, 7) is 3.61. The fourth-order valence-corrected chi connectivity index (χ4v) is 3.59. The monoisotopic (exact) mass is 381 g/mol. The van der Waals surface area contributed by atoms with Crippen molar-refractivity contribution >= 4 is 28.5 Å². The van der Waals surface area contributed by atoms with Gasteiger partial charge in [-0.3, -0.25) is 0 Å². The lowest BCUT2D eigenvalue weighted by atomic mass is 9.98. The number of pyridine rings is 1. The predicted molar refractivity (Wildman–Crippen MR) is 102 cm³/mol. The molecule has 1 fully saturated rings. The van der Waals surface area contributed by atoms with Crippen LogP contribution in [-0.2, 0) is 5.41 Å². The summed E-state index contributed by atoms with van der Waals surface area (Å²) in [6.07, 6.45) is 2.92. The van der Waals surface area contributed by atoms with Crippen LogP contribution in [0.3, 0.4) is 0 Å². The number of fused-ring (bicyclic) bond motifs is 1. The molecule has 1 saturated carbocycles. The van der Waals surface area contributed by atoms with Crippen molar-refractivity contribution in [3.8, 4) is 6.07 Å². The molecular weight excluding hydrogens is 365 g/mol. The normalized spacial score (nSPS) is 16.0. The van der Waals surface area contributed by atoms with E-state index in [0.29, 0.717) is 38.7 Å². The zero-order chi connectivity index (χ0) is 19.2. The van der Waals surface area contributed by atoms with Crippen LogP contribution in [0, 0.1) is 24.1 Å². The molecule has 0 saturated heterocycles. The van der Waals surface area contributed by atoms with Crippen LogP contribution >= 0.6 is 11.6 Å². The molecule has 7 heteroatoms. The predicted octanol–water partition coefficient (Wildman–Crippen LogP) is 4.85. The van der Waals surface area contributed by atoms with Crippen LogP contribution in [0.1, 0.15) is 42.5 Å². The maximum absolute atomic E-state index is 14.5. The average molecular weight is 382 g/mol. The number of aromatic nitrogens is 3. The Balaban J connectivity index is 1.77. The molecule has 5 nitrogen and oxygen atoms in total. The standard InChI is InChI=1S/C20H17ClFN5/c1-11-4-3-5-13(16(11)22)12(2)26-18-14-8-15(20(9-23)6-7-20)17(21)27-19(14)25-10-24-18/h3-5,8,10,12H,6-7H2,1-2H3,(H,24,25,26,27)/t12-/m1/s1. The molecule has 0 aliphatic heterocycles. The van der Waals surface area contributed by atoms with Crippen LogP contribution in [0.25, 0.3) is 11.0 Å². The number of nitrogens with one attached hydrogen (secondary N) is 1. The molecular formula is C20H17ClFN5. The molecule has 1 aliphatic rings. The van der Waals surface area contributed by atoms with E-state index in [4.69, 9.17) is 11.6 Å². The molecule has 0 spiro atoms. The van der Waals surface area contributed by atoms with Gasteiger partial charge in [-0.2, -0.15) is 5.26 Å². The first-order valence-corrected chi connectivity index (χ1v) is 9.07. The Morgan fingerprint density at radius 3 is 2.81 bits per heavy atom. The third-order valence-corrected chi connectivity index (χ3v) is 5.39. The number of nitriles is 1. The number of nitrogens with zero attached hydrogens (tertiary/aromatic N) is 4. The van der Waals surface area contributed by atoms with Crippen molar-refractivity contribution in [1.82, 2.24) is 15.0 Å². The van der Waals surface area contributed by atoms with Crippen molar-refractivity contribution in [2.24, 2.45) is 0 Å². The summed E-state index contributed by atoms with van der Waals surface area (Å²) in [5, 5.41) is 13.7. The van der Waals surface area contributed by atoms with E-state index in [1.165, 1.54) is 6.33 Å². The molecule has 4 rings (SSSR count). The Labute approximate surface area is 161 Å². The molecule has 0 radical (unpaired) electrons. The molecule has 136 valence electrons. The van der Waals surface area contributed by atoms with E-state index in [1.54, 1.807) is 19.1 Å². The highest BCUT2D eigenvalue weighted by molar-refractivity contribution is 6.30. The molecule has 0 amide bonds. The summed E-state index contributed by atoms with van der Waals surface area (Å²) in [5.41, 5.74) is 1.71. The Morgan fingerprint density at radius 2 is 2.11 bits per heavy atom. The van der Waals surface area contributed by atoms with Gasteiger partial charge in [-0.15, -0.1) is 0 Å². The molecule has 0 bridgehead atoms. The lowest BCUT2D eigenvalue weighted by Crippen LogP contribution is -2.12. The summed E-state index contributed by atoms with van der Waals surface area (Å²) in [5.74, 6) is 0.298. The highest BCUT2D eigenvalue weighted by Gasteiger charge is 2.47. The number of hydrogen-bond donors (Lipinski definition) is 1. The molecule has 0 unspecified atom stereocenters. The summed E-state index contributed by atoms with van der Waals surface area (Å²) in [4.78, 5) is 12.8. The highest BCUT2D eigenvalue weighted by Crippen LogP contribution is 2.50. The summed E-state index contributed by atoms with van der Waals surface area (Å²) < 4.78 is 14.5. The first-order valence-electron chi connectivity index (χ1n) is 8.70. The van der Waals surface area contributed by atoms with Crippen molar-refractivity contribution in [1.29, 1.82) is 5.26 Å². The van der Waals surface area contributed by atoms with E-state index in [1.807, 2.05) is 19.1 Å². The molecule has 1 aromatic carbocycles. The van der Waals surface area contributed by atoms with Gasteiger partial charge in [-0.25, -0.2) is 19.3 Å². The Kier molecular flexibility index (Phi) is 4.20. The van der Waals surface area contributed by atoms with E-state index in [-0.39, 0.29) is 11.9 Å². The molecule has 2 heterocycles. The minimum absolute atomic E-state index is 0.237. The number of rotatable bonds is 4. The largest absolute Gasteiger partial charge is 0.363 e. The van der Waals surface area contributed by atoms with Gasteiger partial charge in [0.15, 0.2) is 5.65 Å². The van der Waals surface area contributed by atoms with E-state index in [0.717, 1.165) is 12.8 Å². The quantitative estimate of drug-likeness (QED) is 0.653. The van der Waals surface area contributed by atoms with Crippen molar-refractivity contribution in [3.63, 3.8) is 0 Å². The third-order valence-electron chi connectivity index (χ3n) is 5.10. The van der Waals surface area contributed by atoms with Gasteiger partial charge in [0.05, 0.1) is 22.9 Å². The number of anilines is 1. The second-order valence-corrected chi connectivity index (χ2v) is 7.32. The SMILES string of the molecule is Cc1cccc([C@@H](C)Nc2ncnc3nc(Cl)c(C4(C#N)CC4)cc23)c1F. The van der Waals surface area contributed by atoms with Crippen molar-refractivity contribution in [2.45, 2.75) is 38.1 Å². The van der Waals surface area contributed by atoms with Gasteiger partial charge in [-0.05, 0) is 38.3 Å². The molecule has 1 atom stereocenters. The Morgan fingerprint density at radius 1 is 1.33 bits per heavy atom. The number of halogens is 2. The second kappa shape index (κ2) is 6.43. The fraction of sp³-hybridized carbons (Fsp3) is 0.300. The zero-order valence-electron chi connectivity index (χ0n) is 14.9. The van der Waals surface area contributed by atoms with Crippen LogP contribution in [-0.4, -0.2) is 15.0 Å². The maximum atomic E-state index is 14.5. The van der Waals surface area contributed by atoms with Gasteiger partial charge in [0.25, 0.3) is 0 Å². The van der Waals surface area contributed by atoms with Gasteiger partial charge in [0.2, 0.25) is 0 Å². The summed E-state index contributed by atoms with van der Waals surface area (Å²) in [7, 11) is 0. The summed E-state index contributed by atoms with van der Waals surface area (Å²) >= 11 is 6.31. The number of benzene rings is 1. The van der Waals surface area contributed by atoms with Gasteiger partial charge in [0.1, 0.15) is 23.1 Å². The number of hydrogen-bond acceptors (Lipinski definition) is 5. The van der Waals surface area contributed by atoms with Crippen molar-refractivity contribution in [2.75, 3.05) is 5.32 Å². The lowest BCUT2D eigenvalue weighted by molar-refractivity contribution is 0.591. The van der Waals surface area contributed by atoms with Crippen LogP contribution in [0.5, 0.6) is 0 Å². The minimum atomic E-state index is -0.570. The topological polar surface area (TPSA) is 74.5 Å². The second-order valence-electron chi connectivity index (χ2n) is 6.96. The van der Waals surface area contributed by atoms with Gasteiger partial charge < -0.3 is 5.32 Å². The molecule has 2 aromatic heterocycles. The van der Waals surface area contributed by atoms with Crippen LogP contribution in [0.4, 0.5) is 10.2 Å². The van der Waals surface area contributed by atoms with Crippen LogP contribution in [0.15, 0.2) is 30.6 Å². The average Bonchev–Trinajstić information content (AvgIpc) is 3.44. The molecule has 1 aliphatic carbocycles. The third kappa shape index (κ3) is 2.98. The van der Waals surface area contributed by atoms with Gasteiger partial charge in [-0.1, -0.05) is 29.8 Å². The first-order chi connectivity index (χ1) is 12.9. The van der Waals surface area contributed by atoms with E-state index in [2.05, 4.69) is 26.3 Å². The molecule has 3 aromatic rings. The van der Waals surface area contributed by atoms with Gasteiger partial charge >= 0.3 is 0 Å². The summed E-state index contributed by atoms with van der Waals surface area (Å²) in [6, 6.07) is 9.17. The smallest absolute Gasteiger partial charge is 0.166 e. The minimum Gasteiger partial charge on any atom is -0.363 e. The van der Waals surface area contributed by atoms with E-state index < -0.39 is 5.41 Å². The van der Waals surface area contributed by atoms with E-state index >= 15 is 0 Å². The van der Waals surface area contributed by atoms with E-state index in [9.17, 15) is 9.65 Å². The molecule has 1 N–H and O–H groups in total. The van der Waals surface area contributed by atoms with Crippen molar-refractivity contribution < 1.29 is 4.39 Å². The Bertz CT molecular complexity index is 1090. The zero-order valence-corrected chi connectivity index (χ0v) is 15.7. The molecule has 27 heavy (non-hydrogen) atoms. The van der Waals surface area contributed by atoms with Gasteiger partial charge in [0, 0.05) is 11.1 Å².